The van der Waals surface area contributed by atoms with Gasteiger partial charge in [0.1, 0.15) is 17.4 Å². The van der Waals surface area contributed by atoms with Crippen molar-refractivity contribution >= 4 is 40.9 Å². The van der Waals surface area contributed by atoms with E-state index in [1.54, 1.807) is 42.5 Å². The molecule has 0 aliphatic heterocycles. The SMILES string of the molecule is COc1ccccc1NC(=O)/C(C#N)=C/c1cc(C)n(-c2ccc(Cl)c(Cl)c2)c1C. The van der Waals surface area contributed by atoms with Crippen LogP contribution in [0.15, 0.2) is 54.1 Å². The Hall–Kier alpha value is -3.20. The van der Waals surface area contributed by atoms with Crippen LogP contribution in [0.1, 0.15) is 17.0 Å². The van der Waals surface area contributed by atoms with E-state index in [9.17, 15) is 10.1 Å². The number of benzene rings is 2. The van der Waals surface area contributed by atoms with Crippen LogP contribution in [0.3, 0.4) is 0 Å². The van der Waals surface area contributed by atoms with Gasteiger partial charge in [-0.15, -0.1) is 0 Å². The number of para-hydroxylation sites is 2. The van der Waals surface area contributed by atoms with Crippen LogP contribution >= 0.6 is 23.2 Å². The van der Waals surface area contributed by atoms with E-state index in [0.717, 1.165) is 22.6 Å². The van der Waals surface area contributed by atoms with Crippen LogP contribution in [0, 0.1) is 25.2 Å². The van der Waals surface area contributed by atoms with Gasteiger partial charge < -0.3 is 14.6 Å². The number of rotatable bonds is 5. The number of nitriles is 1. The van der Waals surface area contributed by atoms with Gasteiger partial charge in [-0.1, -0.05) is 35.3 Å². The second-order valence-electron chi connectivity index (χ2n) is 6.58. The van der Waals surface area contributed by atoms with E-state index in [1.807, 2.05) is 36.6 Å². The minimum Gasteiger partial charge on any atom is -0.495 e. The molecule has 2 aromatic carbocycles. The number of nitrogens with one attached hydrogen (secondary N) is 1. The summed E-state index contributed by atoms with van der Waals surface area (Å²) in [5.41, 5.74) is 3.87. The molecule has 1 N–H and O–H groups in total. The average molecular weight is 440 g/mol. The van der Waals surface area contributed by atoms with Crippen LogP contribution in [0.2, 0.25) is 10.0 Å². The predicted molar refractivity (Wildman–Crippen MR) is 120 cm³/mol. The summed E-state index contributed by atoms with van der Waals surface area (Å²) in [6.45, 7) is 3.85. The first kappa shape index (κ1) is 21.5. The second kappa shape index (κ2) is 9.08. The highest BCUT2D eigenvalue weighted by atomic mass is 35.5. The molecule has 0 aliphatic carbocycles. The van der Waals surface area contributed by atoms with Gasteiger partial charge in [0.05, 0.1) is 22.8 Å². The Bertz CT molecular complexity index is 1190. The van der Waals surface area contributed by atoms with Crippen molar-refractivity contribution in [3.05, 3.63) is 81.1 Å². The number of methoxy groups -OCH3 is 1. The van der Waals surface area contributed by atoms with E-state index >= 15 is 0 Å². The number of ether oxygens (including phenoxy) is 1. The van der Waals surface area contributed by atoms with Gasteiger partial charge in [0.15, 0.2) is 0 Å². The summed E-state index contributed by atoms with van der Waals surface area (Å²) in [6.07, 6.45) is 1.57. The van der Waals surface area contributed by atoms with Crippen molar-refractivity contribution in [2.24, 2.45) is 0 Å². The normalized spacial score (nSPS) is 11.1. The van der Waals surface area contributed by atoms with Gasteiger partial charge in [-0.25, -0.2) is 0 Å². The molecule has 1 heterocycles. The molecule has 0 unspecified atom stereocenters. The minimum atomic E-state index is -0.513. The number of aromatic nitrogens is 1. The van der Waals surface area contributed by atoms with E-state index in [2.05, 4.69) is 5.32 Å². The number of anilines is 1. The third-order valence-electron chi connectivity index (χ3n) is 4.65. The number of halogens is 2. The number of aryl methyl sites for hydroxylation is 1. The summed E-state index contributed by atoms with van der Waals surface area (Å²) in [7, 11) is 1.52. The average Bonchev–Trinajstić information content (AvgIpc) is 3.01. The van der Waals surface area contributed by atoms with Crippen molar-refractivity contribution in [2.45, 2.75) is 13.8 Å². The number of carbonyl (C=O) groups excluding carboxylic acids is 1. The molecular formula is C23H19Cl2N3O2. The zero-order valence-corrected chi connectivity index (χ0v) is 18.2. The van der Waals surface area contributed by atoms with Crippen molar-refractivity contribution in [1.82, 2.24) is 4.57 Å². The quantitative estimate of drug-likeness (QED) is 0.394. The molecule has 0 spiro atoms. The Morgan fingerprint density at radius 2 is 1.87 bits per heavy atom. The standard InChI is InChI=1S/C23H19Cl2N3O2/c1-14-10-16(15(2)28(14)18-8-9-19(24)20(25)12-18)11-17(13-26)23(29)27-21-6-4-5-7-22(21)30-3/h4-12H,1-3H3,(H,27,29)/b17-11+. The molecule has 0 saturated carbocycles. The molecule has 0 saturated heterocycles. The van der Waals surface area contributed by atoms with Gasteiger partial charge in [-0.05, 0) is 61.9 Å². The minimum absolute atomic E-state index is 0.0182. The molecule has 152 valence electrons. The molecule has 7 heteroatoms. The molecule has 0 atom stereocenters. The summed E-state index contributed by atoms with van der Waals surface area (Å²) in [5, 5.41) is 13.2. The monoisotopic (exact) mass is 439 g/mol. The van der Waals surface area contributed by atoms with E-state index < -0.39 is 5.91 Å². The molecular weight excluding hydrogens is 421 g/mol. The Kier molecular flexibility index (Phi) is 6.51. The van der Waals surface area contributed by atoms with Crippen molar-refractivity contribution in [2.75, 3.05) is 12.4 Å². The largest absolute Gasteiger partial charge is 0.495 e. The highest BCUT2D eigenvalue weighted by molar-refractivity contribution is 6.42. The lowest BCUT2D eigenvalue weighted by Crippen LogP contribution is -2.14. The Balaban J connectivity index is 1.95. The molecule has 0 radical (unpaired) electrons. The smallest absolute Gasteiger partial charge is 0.266 e. The highest BCUT2D eigenvalue weighted by Gasteiger charge is 2.15. The predicted octanol–water partition coefficient (Wildman–Crippen LogP) is 5.96. The fourth-order valence-electron chi connectivity index (χ4n) is 3.20. The number of hydrogen-bond acceptors (Lipinski definition) is 3. The number of hydrogen-bond donors (Lipinski definition) is 1. The summed E-state index contributed by atoms with van der Waals surface area (Å²) in [6, 6.07) is 16.3. The van der Waals surface area contributed by atoms with E-state index in [1.165, 1.54) is 7.11 Å². The number of carbonyl (C=O) groups is 1. The van der Waals surface area contributed by atoms with Gasteiger partial charge in [0, 0.05) is 17.1 Å². The van der Waals surface area contributed by atoms with Gasteiger partial charge in [0.25, 0.3) is 5.91 Å². The molecule has 3 rings (SSSR count). The lowest BCUT2D eigenvalue weighted by atomic mass is 10.1. The fraction of sp³-hybridized carbons (Fsp3) is 0.130. The Morgan fingerprint density at radius 3 is 2.53 bits per heavy atom. The molecule has 0 aliphatic rings. The first-order chi connectivity index (χ1) is 14.3. The molecule has 1 aromatic heterocycles. The zero-order valence-electron chi connectivity index (χ0n) is 16.7. The third kappa shape index (κ3) is 4.35. The summed E-state index contributed by atoms with van der Waals surface area (Å²) in [5.74, 6) is 0.00211. The molecule has 30 heavy (non-hydrogen) atoms. The molecule has 5 nitrogen and oxygen atoms in total. The van der Waals surface area contributed by atoms with Crippen molar-refractivity contribution < 1.29 is 9.53 Å². The van der Waals surface area contributed by atoms with E-state index in [0.29, 0.717) is 21.5 Å². The van der Waals surface area contributed by atoms with Crippen LogP contribution in [-0.4, -0.2) is 17.6 Å². The van der Waals surface area contributed by atoms with E-state index in [-0.39, 0.29) is 5.57 Å². The van der Waals surface area contributed by atoms with Gasteiger partial charge >= 0.3 is 0 Å². The number of nitrogens with zero attached hydrogens (tertiary/aromatic N) is 2. The first-order valence-electron chi connectivity index (χ1n) is 9.06. The Morgan fingerprint density at radius 1 is 1.13 bits per heavy atom. The molecule has 0 bridgehead atoms. The zero-order chi connectivity index (χ0) is 21.8. The third-order valence-corrected chi connectivity index (χ3v) is 5.39. The summed E-state index contributed by atoms with van der Waals surface area (Å²) < 4.78 is 7.23. The summed E-state index contributed by atoms with van der Waals surface area (Å²) >= 11 is 12.2. The van der Waals surface area contributed by atoms with Crippen LogP contribution in [0.4, 0.5) is 5.69 Å². The van der Waals surface area contributed by atoms with Gasteiger partial charge in [-0.2, -0.15) is 5.26 Å². The summed E-state index contributed by atoms with van der Waals surface area (Å²) in [4.78, 5) is 12.7. The Labute approximate surface area is 185 Å². The molecule has 1 amide bonds. The lowest BCUT2D eigenvalue weighted by Gasteiger charge is -2.11. The maximum absolute atomic E-state index is 12.7. The van der Waals surface area contributed by atoms with Crippen molar-refractivity contribution in [1.29, 1.82) is 5.26 Å². The maximum Gasteiger partial charge on any atom is 0.266 e. The van der Waals surface area contributed by atoms with Gasteiger partial charge in [0.2, 0.25) is 0 Å². The van der Waals surface area contributed by atoms with Crippen LogP contribution < -0.4 is 10.1 Å². The van der Waals surface area contributed by atoms with Crippen LogP contribution in [0.5, 0.6) is 5.75 Å². The molecule has 3 aromatic rings. The van der Waals surface area contributed by atoms with Crippen LogP contribution in [0.25, 0.3) is 11.8 Å². The molecule has 0 fully saturated rings. The van der Waals surface area contributed by atoms with Crippen molar-refractivity contribution in [3.63, 3.8) is 0 Å². The lowest BCUT2D eigenvalue weighted by molar-refractivity contribution is -0.112. The van der Waals surface area contributed by atoms with Crippen LogP contribution in [-0.2, 0) is 4.79 Å². The topological polar surface area (TPSA) is 67.0 Å². The first-order valence-corrected chi connectivity index (χ1v) is 9.81. The maximum atomic E-state index is 12.7. The fourth-order valence-corrected chi connectivity index (χ4v) is 3.49. The van der Waals surface area contributed by atoms with Gasteiger partial charge in [-0.3, -0.25) is 4.79 Å². The van der Waals surface area contributed by atoms with E-state index in [4.69, 9.17) is 27.9 Å². The second-order valence-corrected chi connectivity index (χ2v) is 7.40. The number of amides is 1. The highest BCUT2D eigenvalue weighted by Crippen LogP contribution is 2.29. The van der Waals surface area contributed by atoms with Crippen molar-refractivity contribution in [3.8, 4) is 17.5 Å².